The zero-order valence-corrected chi connectivity index (χ0v) is 12.2. The van der Waals surface area contributed by atoms with Gasteiger partial charge in [0.25, 0.3) is 0 Å². The van der Waals surface area contributed by atoms with Crippen LogP contribution in [0.2, 0.25) is 0 Å². The van der Waals surface area contributed by atoms with Crippen molar-refractivity contribution in [3.05, 3.63) is 10.5 Å². The summed E-state index contributed by atoms with van der Waals surface area (Å²) >= 11 is 1.46. The summed E-state index contributed by atoms with van der Waals surface area (Å²) in [7, 11) is 0. The fourth-order valence-electron chi connectivity index (χ4n) is 2.90. The molecule has 3 unspecified atom stereocenters. The average molecular weight is 297 g/mol. The third kappa shape index (κ3) is 2.63. The second-order valence-corrected chi connectivity index (χ2v) is 7.14. The topological polar surface area (TPSA) is 88.0 Å². The van der Waals surface area contributed by atoms with E-state index in [2.05, 4.69) is 17.1 Å². The van der Waals surface area contributed by atoms with Gasteiger partial charge in [-0.3, -0.25) is 9.36 Å². The van der Waals surface area contributed by atoms with Crippen LogP contribution in [-0.2, 0) is 4.79 Å². The van der Waals surface area contributed by atoms with Gasteiger partial charge in [0.05, 0.1) is 5.92 Å². The van der Waals surface area contributed by atoms with Crippen molar-refractivity contribution in [3.63, 3.8) is 0 Å². The molecule has 0 amide bonds. The van der Waals surface area contributed by atoms with E-state index >= 15 is 0 Å². The van der Waals surface area contributed by atoms with Gasteiger partial charge in [-0.15, -0.1) is 5.10 Å². The SMILES string of the molecule is CC1CCC(C(=O)O)C(Sc2n[nH]c(=O)n2C2CC2)C1. The number of aliphatic carboxylic acids is 1. The molecule has 0 aromatic carbocycles. The van der Waals surface area contributed by atoms with Crippen molar-refractivity contribution in [2.24, 2.45) is 11.8 Å². The number of aromatic amines is 1. The smallest absolute Gasteiger partial charge is 0.344 e. The molecule has 3 rings (SSSR count). The van der Waals surface area contributed by atoms with Crippen LogP contribution in [0, 0.1) is 11.8 Å². The summed E-state index contributed by atoms with van der Waals surface area (Å²) < 4.78 is 1.70. The minimum atomic E-state index is -0.731. The largest absolute Gasteiger partial charge is 0.481 e. The van der Waals surface area contributed by atoms with E-state index in [4.69, 9.17) is 0 Å². The average Bonchev–Trinajstić information content (AvgIpc) is 3.15. The molecule has 6 nitrogen and oxygen atoms in total. The molecular weight excluding hydrogens is 278 g/mol. The highest BCUT2D eigenvalue weighted by molar-refractivity contribution is 7.99. The first-order valence-corrected chi connectivity index (χ1v) is 8.00. The number of thioether (sulfide) groups is 1. The van der Waals surface area contributed by atoms with Crippen LogP contribution in [0.1, 0.15) is 45.1 Å². The van der Waals surface area contributed by atoms with Crippen LogP contribution >= 0.6 is 11.8 Å². The number of nitrogens with one attached hydrogen (secondary N) is 1. The third-order valence-electron chi connectivity index (χ3n) is 4.21. The molecule has 110 valence electrons. The van der Waals surface area contributed by atoms with Gasteiger partial charge in [0.2, 0.25) is 0 Å². The van der Waals surface area contributed by atoms with E-state index in [1.54, 1.807) is 4.57 Å². The molecule has 2 fully saturated rings. The molecule has 0 radical (unpaired) electrons. The fraction of sp³-hybridized carbons (Fsp3) is 0.769. The molecule has 1 aromatic rings. The first-order chi connectivity index (χ1) is 9.56. The zero-order valence-electron chi connectivity index (χ0n) is 11.4. The fourth-order valence-corrected chi connectivity index (χ4v) is 4.46. The van der Waals surface area contributed by atoms with Gasteiger partial charge in [-0.25, -0.2) is 9.89 Å². The van der Waals surface area contributed by atoms with Crippen molar-refractivity contribution >= 4 is 17.7 Å². The molecule has 0 saturated heterocycles. The maximum atomic E-state index is 11.8. The van der Waals surface area contributed by atoms with Gasteiger partial charge in [-0.1, -0.05) is 18.7 Å². The van der Waals surface area contributed by atoms with Gasteiger partial charge < -0.3 is 5.11 Å². The Labute approximate surface area is 121 Å². The van der Waals surface area contributed by atoms with E-state index < -0.39 is 5.97 Å². The molecule has 0 bridgehead atoms. The number of carbonyl (C=O) groups is 1. The van der Waals surface area contributed by atoms with Crippen LogP contribution in [-0.4, -0.2) is 31.1 Å². The standard InChI is InChI=1S/C13H19N3O3S/c1-7-2-5-9(11(17)18)10(6-7)20-13-15-14-12(19)16(13)8-3-4-8/h7-10H,2-6H2,1H3,(H,14,19)(H,17,18). The molecule has 0 spiro atoms. The van der Waals surface area contributed by atoms with Gasteiger partial charge in [0.1, 0.15) is 0 Å². The maximum absolute atomic E-state index is 11.8. The monoisotopic (exact) mass is 297 g/mol. The molecule has 7 heteroatoms. The molecule has 1 aromatic heterocycles. The first kappa shape index (κ1) is 13.7. The van der Waals surface area contributed by atoms with Gasteiger partial charge >= 0.3 is 11.7 Å². The minimum Gasteiger partial charge on any atom is -0.481 e. The van der Waals surface area contributed by atoms with Gasteiger partial charge in [-0.05, 0) is 38.0 Å². The second kappa shape index (κ2) is 5.27. The number of hydrogen-bond acceptors (Lipinski definition) is 4. The number of H-pyrrole nitrogens is 1. The van der Waals surface area contributed by atoms with Crippen LogP contribution in [0.5, 0.6) is 0 Å². The van der Waals surface area contributed by atoms with Crippen LogP contribution < -0.4 is 5.69 Å². The lowest BCUT2D eigenvalue weighted by Gasteiger charge is -2.31. The number of nitrogens with zero attached hydrogens (tertiary/aromatic N) is 2. The molecule has 20 heavy (non-hydrogen) atoms. The number of carboxylic acid groups (broad SMARTS) is 1. The van der Waals surface area contributed by atoms with Crippen LogP contribution in [0.4, 0.5) is 0 Å². The van der Waals surface area contributed by atoms with Crippen LogP contribution in [0.25, 0.3) is 0 Å². The molecule has 2 saturated carbocycles. The second-order valence-electron chi connectivity index (χ2n) is 5.93. The summed E-state index contributed by atoms with van der Waals surface area (Å²) in [4.78, 5) is 23.1. The summed E-state index contributed by atoms with van der Waals surface area (Å²) in [5, 5.41) is 16.6. The summed E-state index contributed by atoms with van der Waals surface area (Å²) in [5.74, 6) is -0.538. The third-order valence-corrected chi connectivity index (χ3v) is 5.53. The summed E-state index contributed by atoms with van der Waals surface area (Å²) in [6.45, 7) is 2.16. The lowest BCUT2D eigenvalue weighted by Crippen LogP contribution is -2.32. The Balaban J connectivity index is 1.81. The van der Waals surface area contributed by atoms with Crippen LogP contribution in [0.3, 0.4) is 0 Å². The predicted octanol–water partition coefficient (Wildman–Crippen LogP) is 1.89. The number of carboxylic acids is 1. The molecular formula is C13H19N3O3S. The highest BCUT2D eigenvalue weighted by atomic mass is 32.2. The normalized spacial score (nSPS) is 30.4. The van der Waals surface area contributed by atoms with Crippen LogP contribution in [0.15, 0.2) is 9.95 Å². The van der Waals surface area contributed by atoms with Crippen molar-refractivity contribution < 1.29 is 9.90 Å². The lowest BCUT2D eigenvalue weighted by molar-refractivity contribution is -0.142. The van der Waals surface area contributed by atoms with E-state index in [0.29, 0.717) is 17.5 Å². The summed E-state index contributed by atoms with van der Waals surface area (Å²) in [5.41, 5.74) is -0.175. The molecule has 3 atom stereocenters. The van der Waals surface area contributed by atoms with Gasteiger partial charge in [-0.2, -0.15) is 0 Å². The Morgan fingerprint density at radius 3 is 2.80 bits per heavy atom. The molecule has 1 heterocycles. The highest BCUT2D eigenvalue weighted by Gasteiger charge is 2.37. The minimum absolute atomic E-state index is 0.00366. The summed E-state index contributed by atoms with van der Waals surface area (Å²) in [6, 6.07) is 0.257. The van der Waals surface area contributed by atoms with Gasteiger partial charge in [0, 0.05) is 11.3 Å². The summed E-state index contributed by atoms with van der Waals surface area (Å²) in [6.07, 6.45) is 4.57. The van der Waals surface area contributed by atoms with E-state index in [9.17, 15) is 14.7 Å². The van der Waals surface area contributed by atoms with Crippen molar-refractivity contribution in [1.82, 2.24) is 14.8 Å². The Hall–Kier alpha value is -1.24. The number of hydrogen-bond donors (Lipinski definition) is 2. The van der Waals surface area contributed by atoms with Gasteiger partial charge in [0.15, 0.2) is 5.16 Å². The Bertz CT molecular complexity index is 563. The maximum Gasteiger partial charge on any atom is 0.344 e. The van der Waals surface area contributed by atoms with E-state index in [-0.39, 0.29) is 22.9 Å². The van der Waals surface area contributed by atoms with Crippen molar-refractivity contribution in [2.75, 3.05) is 0 Å². The van der Waals surface area contributed by atoms with Crippen molar-refractivity contribution in [2.45, 2.75) is 55.5 Å². The van der Waals surface area contributed by atoms with E-state index in [1.807, 2.05) is 0 Å². The lowest BCUT2D eigenvalue weighted by atomic mass is 9.82. The molecule has 2 N–H and O–H groups in total. The Kier molecular flexibility index (Phi) is 3.62. The molecule has 0 aliphatic heterocycles. The van der Waals surface area contributed by atoms with E-state index in [1.165, 1.54) is 11.8 Å². The Morgan fingerprint density at radius 1 is 1.40 bits per heavy atom. The number of aromatic nitrogens is 3. The highest BCUT2D eigenvalue weighted by Crippen LogP contribution is 2.42. The van der Waals surface area contributed by atoms with Crippen molar-refractivity contribution in [3.8, 4) is 0 Å². The van der Waals surface area contributed by atoms with E-state index in [0.717, 1.165) is 25.7 Å². The Morgan fingerprint density at radius 2 is 2.15 bits per heavy atom. The predicted molar refractivity (Wildman–Crippen MR) is 74.9 cm³/mol. The van der Waals surface area contributed by atoms with Crippen molar-refractivity contribution in [1.29, 1.82) is 0 Å². The molecule has 2 aliphatic carbocycles. The number of rotatable bonds is 4. The zero-order chi connectivity index (χ0) is 14.3. The quantitative estimate of drug-likeness (QED) is 0.886. The molecule has 2 aliphatic rings. The first-order valence-electron chi connectivity index (χ1n) is 7.12.